The molecule has 0 unspecified atom stereocenters. The summed E-state index contributed by atoms with van der Waals surface area (Å²) in [6.45, 7) is 0. The van der Waals surface area contributed by atoms with Crippen molar-refractivity contribution in [3.63, 3.8) is 0 Å². The van der Waals surface area contributed by atoms with E-state index in [0.29, 0.717) is 12.8 Å². The second-order valence-electron chi connectivity index (χ2n) is 3.03. The average Bonchev–Trinajstić information content (AvgIpc) is 2.29. The Kier molecular flexibility index (Phi) is 6.50. The van der Waals surface area contributed by atoms with E-state index >= 15 is 0 Å². The van der Waals surface area contributed by atoms with E-state index in [1.54, 1.807) is 18.2 Å². The SMILES string of the molecule is N=C(N)CCc1cccc(C(=O)O)c1.NN. The molecule has 88 valence electrons. The molecule has 0 saturated heterocycles. The molecule has 16 heavy (non-hydrogen) atoms. The largest absolute Gasteiger partial charge is 0.478 e. The molecule has 0 saturated carbocycles. The number of rotatable bonds is 4. The van der Waals surface area contributed by atoms with Crippen molar-refractivity contribution < 1.29 is 9.90 Å². The Morgan fingerprint density at radius 3 is 2.50 bits per heavy atom. The summed E-state index contributed by atoms with van der Waals surface area (Å²) in [7, 11) is 0. The summed E-state index contributed by atoms with van der Waals surface area (Å²) >= 11 is 0. The first-order chi connectivity index (χ1) is 7.59. The fourth-order valence-electron chi connectivity index (χ4n) is 1.14. The van der Waals surface area contributed by atoms with Crippen LogP contribution in [0.25, 0.3) is 0 Å². The van der Waals surface area contributed by atoms with Crippen molar-refractivity contribution in [1.29, 1.82) is 5.41 Å². The predicted octanol–water partition coefficient (Wildman–Crippen LogP) is 0.0722. The number of hydrazine groups is 1. The van der Waals surface area contributed by atoms with E-state index in [-0.39, 0.29) is 11.4 Å². The first-order valence-corrected chi connectivity index (χ1v) is 4.58. The maximum absolute atomic E-state index is 10.6. The minimum absolute atomic E-state index is 0.116. The zero-order chi connectivity index (χ0) is 12.6. The summed E-state index contributed by atoms with van der Waals surface area (Å²) in [6.07, 6.45) is 1.07. The molecule has 0 spiro atoms. The molecule has 1 rings (SSSR count). The van der Waals surface area contributed by atoms with Crippen LogP contribution in [0.4, 0.5) is 0 Å². The molecule has 6 heteroatoms. The molecule has 0 fully saturated rings. The highest BCUT2D eigenvalue weighted by atomic mass is 16.4. The summed E-state index contributed by atoms with van der Waals surface area (Å²) in [4.78, 5) is 10.6. The second-order valence-corrected chi connectivity index (χ2v) is 3.03. The van der Waals surface area contributed by atoms with Gasteiger partial charge in [0, 0.05) is 6.42 Å². The molecule has 0 aromatic heterocycles. The lowest BCUT2D eigenvalue weighted by molar-refractivity contribution is 0.0697. The van der Waals surface area contributed by atoms with E-state index in [1.807, 2.05) is 6.07 Å². The molecule has 0 aliphatic carbocycles. The van der Waals surface area contributed by atoms with Crippen LogP contribution in [0.2, 0.25) is 0 Å². The summed E-state index contributed by atoms with van der Waals surface area (Å²) in [5.41, 5.74) is 6.36. The Balaban J connectivity index is 0.00000106. The van der Waals surface area contributed by atoms with Gasteiger partial charge in [-0.1, -0.05) is 12.1 Å². The van der Waals surface area contributed by atoms with E-state index < -0.39 is 5.97 Å². The lowest BCUT2D eigenvalue weighted by atomic mass is 10.1. The number of aryl methyl sites for hydroxylation is 1. The third kappa shape index (κ3) is 5.08. The van der Waals surface area contributed by atoms with Gasteiger partial charge in [0.2, 0.25) is 0 Å². The molecular formula is C10H16N4O2. The number of carboxylic acids is 1. The fourth-order valence-corrected chi connectivity index (χ4v) is 1.14. The fraction of sp³-hybridized carbons (Fsp3) is 0.200. The van der Waals surface area contributed by atoms with Gasteiger partial charge in [0.1, 0.15) is 0 Å². The number of aromatic carboxylic acids is 1. The Hall–Kier alpha value is -1.92. The maximum atomic E-state index is 10.6. The van der Waals surface area contributed by atoms with Crippen LogP contribution >= 0.6 is 0 Å². The molecule has 0 atom stereocenters. The number of carboxylic acid groups (broad SMARTS) is 1. The quantitative estimate of drug-likeness (QED) is 0.213. The van der Waals surface area contributed by atoms with Gasteiger partial charge in [0.05, 0.1) is 11.4 Å². The van der Waals surface area contributed by atoms with Gasteiger partial charge in [-0.15, -0.1) is 0 Å². The molecule has 0 aliphatic heterocycles. The Bertz CT molecular complexity index is 366. The van der Waals surface area contributed by atoms with Crippen molar-refractivity contribution in [3.8, 4) is 0 Å². The number of nitrogens with one attached hydrogen (secondary N) is 1. The van der Waals surface area contributed by atoms with Crippen molar-refractivity contribution >= 4 is 11.8 Å². The highest BCUT2D eigenvalue weighted by Gasteiger charge is 2.02. The molecule has 0 amide bonds. The van der Waals surface area contributed by atoms with Crippen LogP contribution in [0, 0.1) is 5.41 Å². The van der Waals surface area contributed by atoms with Crippen LogP contribution in [0.3, 0.4) is 0 Å². The standard InChI is InChI=1S/C10H12N2O2.H4N2/c11-9(12)5-4-7-2-1-3-8(6-7)10(13)14;1-2/h1-3,6H,4-5H2,(H3,11,12)(H,13,14);1-2H2. The molecule has 8 N–H and O–H groups in total. The lowest BCUT2D eigenvalue weighted by Crippen LogP contribution is -2.10. The first-order valence-electron chi connectivity index (χ1n) is 4.58. The third-order valence-corrected chi connectivity index (χ3v) is 1.86. The van der Waals surface area contributed by atoms with E-state index in [9.17, 15) is 4.79 Å². The Morgan fingerprint density at radius 2 is 2.00 bits per heavy atom. The molecule has 1 aromatic rings. The zero-order valence-corrected chi connectivity index (χ0v) is 8.81. The van der Waals surface area contributed by atoms with Gasteiger partial charge in [-0.3, -0.25) is 17.1 Å². The van der Waals surface area contributed by atoms with Crippen LogP contribution in [0.5, 0.6) is 0 Å². The maximum Gasteiger partial charge on any atom is 0.335 e. The minimum atomic E-state index is -0.935. The van der Waals surface area contributed by atoms with Gasteiger partial charge in [0.25, 0.3) is 0 Å². The van der Waals surface area contributed by atoms with E-state index in [4.69, 9.17) is 16.2 Å². The van der Waals surface area contributed by atoms with Gasteiger partial charge < -0.3 is 10.8 Å². The monoisotopic (exact) mass is 224 g/mol. The van der Waals surface area contributed by atoms with E-state index in [0.717, 1.165) is 5.56 Å². The van der Waals surface area contributed by atoms with Crippen LogP contribution in [-0.2, 0) is 6.42 Å². The highest BCUT2D eigenvalue weighted by molar-refractivity contribution is 5.87. The van der Waals surface area contributed by atoms with Crippen molar-refractivity contribution in [3.05, 3.63) is 35.4 Å². The smallest absolute Gasteiger partial charge is 0.335 e. The molecule has 6 nitrogen and oxygen atoms in total. The van der Waals surface area contributed by atoms with Crippen LogP contribution in [0.1, 0.15) is 22.3 Å². The van der Waals surface area contributed by atoms with Gasteiger partial charge in [-0.2, -0.15) is 0 Å². The molecule has 0 bridgehead atoms. The number of hydrogen-bond donors (Lipinski definition) is 5. The first kappa shape index (κ1) is 14.1. The molecule has 0 heterocycles. The van der Waals surface area contributed by atoms with E-state index in [2.05, 4.69) is 11.7 Å². The summed E-state index contributed by atoms with van der Waals surface area (Å²) < 4.78 is 0. The summed E-state index contributed by atoms with van der Waals surface area (Å²) in [5, 5.41) is 15.8. The van der Waals surface area contributed by atoms with Gasteiger partial charge >= 0.3 is 5.97 Å². The lowest BCUT2D eigenvalue weighted by Gasteiger charge is -2.01. The molecule has 0 aliphatic rings. The average molecular weight is 224 g/mol. The predicted molar refractivity (Wildman–Crippen MR) is 62.0 cm³/mol. The Labute approximate surface area is 93.5 Å². The normalized spacial score (nSPS) is 8.88. The number of benzene rings is 1. The number of carbonyl (C=O) groups is 1. The molecular weight excluding hydrogens is 208 g/mol. The van der Waals surface area contributed by atoms with Gasteiger partial charge in [-0.25, -0.2) is 4.79 Å². The minimum Gasteiger partial charge on any atom is -0.478 e. The van der Waals surface area contributed by atoms with Gasteiger partial charge in [0.15, 0.2) is 0 Å². The second kappa shape index (κ2) is 7.38. The highest BCUT2D eigenvalue weighted by Crippen LogP contribution is 2.07. The zero-order valence-electron chi connectivity index (χ0n) is 8.81. The summed E-state index contributed by atoms with van der Waals surface area (Å²) in [6, 6.07) is 6.67. The Morgan fingerprint density at radius 1 is 1.38 bits per heavy atom. The van der Waals surface area contributed by atoms with Crippen molar-refractivity contribution in [1.82, 2.24) is 0 Å². The number of amidine groups is 1. The number of nitrogens with two attached hydrogens (primary N) is 3. The van der Waals surface area contributed by atoms with E-state index in [1.165, 1.54) is 0 Å². The molecule has 0 radical (unpaired) electrons. The molecule has 1 aromatic carbocycles. The van der Waals surface area contributed by atoms with Crippen LogP contribution in [-0.4, -0.2) is 16.9 Å². The van der Waals surface area contributed by atoms with Crippen molar-refractivity contribution in [2.75, 3.05) is 0 Å². The van der Waals surface area contributed by atoms with Gasteiger partial charge in [-0.05, 0) is 24.1 Å². The third-order valence-electron chi connectivity index (χ3n) is 1.86. The van der Waals surface area contributed by atoms with Crippen molar-refractivity contribution in [2.24, 2.45) is 17.4 Å². The van der Waals surface area contributed by atoms with Crippen LogP contribution < -0.4 is 17.4 Å². The topological polar surface area (TPSA) is 139 Å². The van der Waals surface area contributed by atoms with Crippen LogP contribution in [0.15, 0.2) is 24.3 Å². The summed E-state index contributed by atoms with van der Waals surface area (Å²) in [5.74, 6) is 7.18. The number of hydrogen-bond acceptors (Lipinski definition) is 4. The van der Waals surface area contributed by atoms with Crippen molar-refractivity contribution in [2.45, 2.75) is 12.8 Å².